The number of hydrogen-bond acceptors (Lipinski definition) is 8. The van der Waals surface area contributed by atoms with Crippen LogP contribution < -0.4 is 21.4 Å². The number of aromatic nitrogens is 4. The van der Waals surface area contributed by atoms with Gasteiger partial charge in [-0.2, -0.15) is 0 Å². The molecular weight excluding hydrogens is 383 g/mol. The fourth-order valence-corrected chi connectivity index (χ4v) is 2.91. The minimum atomic E-state index is -1.40. The Morgan fingerprint density at radius 3 is 2.93 bits per heavy atom. The number of nitrogens with one attached hydrogen (secondary N) is 1. The van der Waals surface area contributed by atoms with Crippen LogP contribution in [-0.4, -0.2) is 67.8 Å². The second-order valence-electron chi connectivity index (χ2n) is 6.29. The van der Waals surface area contributed by atoms with Gasteiger partial charge >= 0.3 is 13.1 Å². The number of hydrogen-bond donors (Lipinski definition) is 5. The van der Waals surface area contributed by atoms with Crippen LogP contribution in [-0.2, 0) is 24.2 Å². The predicted octanol–water partition coefficient (Wildman–Crippen LogP) is -2.67. The number of nitrogens with two attached hydrogens (primary N) is 2. The number of benzene rings is 1. The molecule has 0 fully saturated rings. The van der Waals surface area contributed by atoms with E-state index < -0.39 is 24.9 Å². The number of carboxylic acids is 1. The number of tetrazole rings is 1. The standard InChI is InChI=1S/C15H19BN8O5/c17-15(18)19-4-5-24-11(21-22-23-24)7-12(25)20-10-6-8-2-1-3-9(14(26)27)13(8)29-16(10)28/h1-3,10,28H,4-7H2,(H,20,25)(H,26,27)(H4,17,18,19)/t10-/m0/s1. The van der Waals surface area contributed by atoms with Crippen molar-refractivity contribution in [1.82, 2.24) is 25.5 Å². The van der Waals surface area contributed by atoms with E-state index in [0.717, 1.165) is 0 Å². The minimum absolute atomic E-state index is 0.0497. The Hall–Kier alpha value is -3.68. The van der Waals surface area contributed by atoms with Gasteiger partial charge in [0.2, 0.25) is 5.91 Å². The summed E-state index contributed by atoms with van der Waals surface area (Å²) in [6, 6.07) is 4.64. The first kappa shape index (κ1) is 20.1. The van der Waals surface area contributed by atoms with Crippen molar-refractivity contribution >= 4 is 25.0 Å². The summed E-state index contributed by atoms with van der Waals surface area (Å²) in [5, 5.41) is 33.2. The summed E-state index contributed by atoms with van der Waals surface area (Å²) in [6.45, 7) is 0.536. The molecule has 1 atom stereocenters. The molecule has 0 spiro atoms. The number of para-hydroxylation sites is 1. The summed E-state index contributed by atoms with van der Waals surface area (Å²) in [4.78, 5) is 27.5. The number of carboxylic acid groups (broad SMARTS) is 1. The average Bonchev–Trinajstić information content (AvgIpc) is 3.08. The Labute approximate surface area is 164 Å². The van der Waals surface area contributed by atoms with Crippen LogP contribution >= 0.6 is 0 Å². The number of fused-ring (bicyclic) bond motifs is 1. The molecule has 1 aliphatic rings. The lowest BCUT2D eigenvalue weighted by molar-refractivity contribution is -0.121. The summed E-state index contributed by atoms with van der Waals surface area (Å²) in [6.07, 6.45) is 0.0683. The first-order chi connectivity index (χ1) is 13.8. The molecule has 0 unspecified atom stereocenters. The van der Waals surface area contributed by atoms with Gasteiger partial charge in [-0.3, -0.25) is 9.79 Å². The maximum atomic E-state index is 12.4. The van der Waals surface area contributed by atoms with Gasteiger partial charge in [0.15, 0.2) is 11.8 Å². The van der Waals surface area contributed by atoms with Gasteiger partial charge in [0.1, 0.15) is 5.75 Å². The van der Waals surface area contributed by atoms with Crippen molar-refractivity contribution in [2.75, 3.05) is 6.54 Å². The third-order valence-electron chi connectivity index (χ3n) is 4.23. The lowest BCUT2D eigenvalue weighted by Gasteiger charge is -2.28. The molecule has 0 aliphatic carbocycles. The highest BCUT2D eigenvalue weighted by molar-refractivity contribution is 6.47. The Bertz CT molecular complexity index is 945. The molecule has 0 saturated carbocycles. The minimum Gasteiger partial charge on any atom is -0.534 e. The Balaban J connectivity index is 1.63. The van der Waals surface area contributed by atoms with Crippen LogP contribution in [0.2, 0.25) is 0 Å². The third kappa shape index (κ3) is 4.79. The molecule has 1 aliphatic heterocycles. The molecule has 29 heavy (non-hydrogen) atoms. The summed E-state index contributed by atoms with van der Waals surface area (Å²) in [5.74, 6) is -2.02. The summed E-state index contributed by atoms with van der Waals surface area (Å²) in [5.41, 5.74) is 11.0. The molecule has 7 N–H and O–H groups in total. The summed E-state index contributed by atoms with van der Waals surface area (Å²) >= 11 is 0. The zero-order valence-electron chi connectivity index (χ0n) is 15.2. The molecule has 2 heterocycles. The molecule has 14 heteroatoms. The number of guanidine groups is 1. The van der Waals surface area contributed by atoms with Gasteiger partial charge in [-0.05, 0) is 28.5 Å². The maximum absolute atomic E-state index is 12.4. The van der Waals surface area contributed by atoms with Crippen LogP contribution in [0.4, 0.5) is 0 Å². The van der Waals surface area contributed by atoms with Crippen LogP contribution in [0.3, 0.4) is 0 Å². The maximum Gasteiger partial charge on any atom is 0.547 e. The van der Waals surface area contributed by atoms with Gasteiger partial charge in [0.05, 0.1) is 31.0 Å². The lowest BCUT2D eigenvalue weighted by atomic mass is 9.72. The molecule has 0 saturated heterocycles. The van der Waals surface area contributed by atoms with Crippen molar-refractivity contribution in [2.24, 2.45) is 16.5 Å². The number of aromatic carboxylic acids is 1. The number of carbonyl (C=O) groups excluding carboxylic acids is 1. The van der Waals surface area contributed by atoms with E-state index in [1.165, 1.54) is 10.7 Å². The van der Waals surface area contributed by atoms with E-state index in [1.807, 2.05) is 0 Å². The highest BCUT2D eigenvalue weighted by Crippen LogP contribution is 2.30. The summed E-state index contributed by atoms with van der Waals surface area (Å²) in [7, 11) is -1.40. The normalized spacial score (nSPS) is 15.2. The van der Waals surface area contributed by atoms with Crippen molar-refractivity contribution in [2.45, 2.75) is 25.3 Å². The highest BCUT2D eigenvalue weighted by atomic mass is 16.5. The second kappa shape index (κ2) is 8.56. The van der Waals surface area contributed by atoms with Gasteiger partial charge in [0.25, 0.3) is 0 Å². The molecule has 2 aromatic rings. The molecule has 1 aromatic heterocycles. The van der Waals surface area contributed by atoms with E-state index in [4.69, 9.17) is 16.1 Å². The lowest BCUT2D eigenvalue weighted by Crippen LogP contribution is -2.53. The molecule has 3 rings (SSSR count). The Morgan fingerprint density at radius 1 is 1.41 bits per heavy atom. The van der Waals surface area contributed by atoms with E-state index in [9.17, 15) is 19.7 Å². The SMILES string of the molecule is NC(N)=NCCn1nnnc1CC(=O)N[C@H]1Cc2cccc(C(=O)O)c2OB1O. The van der Waals surface area contributed by atoms with Crippen molar-refractivity contribution < 1.29 is 24.4 Å². The number of nitrogens with zero attached hydrogens (tertiary/aromatic N) is 5. The van der Waals surface area contributed by atoms with Crippen molar-refractivity contribution in [3.63, 3.8) is 0 Å². The number of amides is 1. The first-order valence-corrected chi connectivity index (χ1v) is 8.65. The van der Waals surface area contributed by atoms with Gasteiger partial charge in [-0.15, -0.1) is 5.10 Å². The van der Waals surface area contributed by atoms with E-state index in [2.05, 4.69) is 25.8 Å². The zero-order chi connectivity index (χ0) is 21.0. The second-order valence-corrected chi connectivity index (χ2v) is 6.29. The fraction of sp³-hybridized carbons (Fsp3) is 0.333. The van der Waals surface area contributed by atoms with E-state index in [1.54, 1.807) is 12.1 Å². The largest absolute Gasteiger partial charge is 0.547 e. The molecule has 1 amide bonds. The molecular formula is C15H19BN8O5. The van der Waals surface area contributed by atoms with Crippen molar-refractivity contribution in [1.29, 1.82) is 0 Å². The van der Waals surface area contributed by atoms with Gasteiger partial charge in [-0.25, -0.2) is 9.48 Å². The number of carbonyl (C=O) groups is 2. The number of rotatable bonds is 7. The van der Waals surface area contributed by atoms with Crippen LogP contribution in [0.1, 0.15) is 21.7 Å². The van der Waals surface area contributed by atoms with Gasteiger partial charge in [0, 0.05) is 0 Å². The first-order valence-electron chi connectivity index (χ1n) is 8.65. The molecule has 152 valence electrons. The smallest absolute Gasteiger partial charge is 0.534 e. The monoisotopic (exact) mass is 402 g/mol. The van der Waals surface area contributed by atoms with Crippen LogP contribution in [0.25, 0.3) is 0 Å². The van der Waals surface area contributed by atoms with Gasteiger partial charge in [-0.1, -0.05) is 12.1 Å². The topological polar surface area (TPSA) is 204 Å². The van der Waals surface area contributed by atoms with Crippen LogP contribution in [0.15, 0.2) is 23.2 Å². The molecule has 0 radical (unpaired) electrons. The quantitative estimate of drug-likeness (QED) is 0.184. The molecule has 0 bridgehead atoms. The molecule has 1 aromatic carbocycles. The molecule has 13 nitrogen and oxygen atoms in total. The van der Waals surface area contributed by atoms with Crippen molar-refractivity contribution in [3.8, 4) is 5.75 Å². The predicted molar refractivity (Wildman–Crippen MR) is 99.8 cm³/mol. The Morgan fingerprint density at radius 2 is 2.21 bits per heavy atom. The van der Waals surface area contributed by atoms with Crippen LogP contribution in [0, 0.1) is 0 Å². The zero-order valence-corrected chi connectivity index (χ0v) is 15.2. The highest BCUT2D eigenvalue weighted by Gasteiger charge is 2.37. The van der Waals surface area contributed by atoms with E-state index >= 15 is 0 Å². The average molecular weight is 402 g/mol. The number of aliphatic imine (C=N–C) groups is 1. The van der Waals surface area contributed by atoms with E-state index in [-0.39, 0.29) is 43.2 Å². The Kier molecular flexibility index (Phi) is 5.92. The van der Waals surface area contributed by atoms with E-state index in [0.29, 0.717) is 11.4 Å². The third-order valence-corrected chi connectivity index (χ3v) is 4.23. The van der Waals surface area contributed by atoms with Crippen LogP contribution in [0.5, 0.6) is 5.75 Å². The fourth-order valence-electron chi connectivity index (χ4n) is 2.91. The van der Waals surface area contributed by atoms with Crippen molar-refractivity contribution in [3.05, 3.63) is 35.2 Å². The summed E-state index contributed by atoms with van der Waals surface area (Å²) < 4.78 is 6.75. The van der Waals surface area contributed by atoms with Gasteiger partial charge < -0.3 is 31.6 Å².